The lowest BCUT2D eigenvalue weighted by Gasteiger charge is -2.21. The molecular formula is C46H54N10O4S2+2. The average Bonchev–Trinajstić information content (AvgIpc) is 3.30. The minimum atomic E-state index is -0.0833. The van der Waals surface area contributed by atoms with Gasteiger partial charge in [-0.3, -0.25) is 9.59 Å². The highest BCUT2D eigenvalue weighted by Gasteiger charge is 2.18. The second-order valence-electron chi connectivity index (χ2n) is 14.1. The fourth-order valence-electron chi connectivity index (χ4n) is 6.86. The molecule has 0 unspecified atom stereocenters. The molecule has 0 fully saturated rings. The minimum absolute atomic E-state index is 0.0833. The molecule has 2 aromatic heterocycles. The van der Waals surface area contributed by atoms with Gasteiger partial charge in [-0.05, 0) is 74.5 Å². The van der Waals surface area contributed by atoms with Crippen LogP contribution in [-0.2, 0) is 22.7 Å². The Bertz CT molecular complexity index is 2280. The number of nitrogens with zero attached hydrogens (tertiary/aromatic N) is 8. The van der Waals surface area contributed by atoms with Gasteiger partial charge in [0.05, 0.1) is 35.4 Å². The molecule has 0 spiro atoms. The topological polar surface area (TPSA) is 162 Å². The van der Waals surface area contributed by atoms with Gasteiger partial charge in [-0.2, -0.15) is 19.4 Å². The lowest BCUT2D eigenvalue weighted by molar-refractivity contribution is -0.658. The fraction of sp³-hybridized carbons (Fsp3) is 0.304. The van der Waals surface area contributed by atoms with Crippen LogP contribution in [0.4, 0.5) is 34.1 Å². The van der Waals surface area contributed by atoms with Gasteiger partial charge in [-0.1, -0.05) is 45.9 Å². The Balaban J connectivity index is 0.907. The molecule has 4 N–H and O–H groups in total. The number of rotatable bonds is 23. The van der Waals surface area contributed by atoms with Crippen LogP contribution in [0.1, 0.15) is 13.8 Å². The molecular weight excluding hydrogens is 821 g/mol. The van der Waals surface area contributed by atoms with Gasteiger partial charge in [0, 0.05) is 86.4 Å². The number of hydrogen-bond acceptors (Lipinski definition) is 12. The first-order valence-electron chi connectivity index (χ1n) is 20.8. The predicted octanol–water partition coefficient (Wildman–Crippen LogP) is 7.35. The maximum absolute atomic E-state index is 12.9. The number of nitrogens with one attached hydrogen (secondary N) is 2. The molecule has 14 nitrogen and oxygen atoms in total. The van der Waals surface area contributed by atoms with Crippen molar-refractivity contribution in [2.45, 2.75) is 26.9 Å². The van der Waals surface area contributed by atoms with E-state index in [0.717, 1.165) is 69.2 Å². The summed E-state index contributed by atoms with van der Waals surface area (Å²) in [5.41, 5.74) is 6.67. The lowest BCUT2D eigenvalue weighted by atomic mass is 10.2. The molecule has 0 atom stereocenters. The maximum Gasteiger partial charge on any atom is 0.286 e. The lowest BCUT2D eigenvalue weighted by Crippen LogP contribution is -2.43. The second kappa shape index (κ2) is 23.9. The molecule has 4 aromatic carbocycles. The summed E-state index contributed by atoms with van der Waals surface area (Å²) in [7, 11) is 3.31. The molecule has 0 radical (unpaired) electrons. The highest BCUT2D eigenvalue weighted by molar-refractivity contribution is 8.76. The quantitative estimate of drug-likeness (QED) is 0.0225. The number of amides is 2. The number of carbonyl (C=O) groups is 2. The molecule has 2 amide bonds. The number of aromatic nitrogens is 2. The van der Waals surface area contributed by atoms with Crippen LogP contribution in [0.15, 0.2) is 142 Å². The number of carbonyl (C=O) groups excluding carboxylic acids is 2. The van der Waals surface area contributed by atoms with E-state index < -0.39 is 0 Å². The number of hydrogen-bond donors (Lipinski definition) is 4. The van der Waals surface area contributed by atoms with Crippen molar-refractivity contribution in [1.29, 1.82) is 0 Å². The summed E-state index contributed by atoms with van der Waals surface area (Å²) in [6.45, 7) is 8.44. The standard InChI is InChI=1S/C46H52N10O4S2/c1-3-53(27-29-57)37-17-13-35(14-18-37)49-51-41-21-25-55(43-11-7-5-9-39(41)43)33-45(59)47-23-31-61-62-32-24-48-46(60)34-56-26-22-42(40-10-6-8-12-44(40)56)52-50-36-15-19-38(20-16-36)54(4-2)28-30-58/h5-22,25-26,57-58H,3-4,23-24,27-34H2,1-2H3/p+2. The molecule has 62 heavy (non-hydrogen) atoms. The summed E-state index contributed by atoms with van der Waals surface area (Å²) in [5.74, 6) is 1.29. The van der Waals surface area contributed by atoms with E-state index in [9.17, 15) is 19.8 Å². The number of aliphatic hydroxyl groups is 2. The second-order valence-corrected chi connectivity index (χ2v) is 16.8. The summed E-state index contributed by atoms with van der Waals surface area (Å²) >= 11 is 0. The Kier molecular flexibility index (Phi) is 17.6. The van der Waals surface area contributed by atoms with Gasteiger partial charge in [0.25, 0.3) is 11.8 Å². The van der Waals surface area contributed by atoms with Crippen LogP contribution < -0.4 is 29.6 Å². The van der Waals surface area contributed by atoms with Gasteiger partial charge in [0.15, 0.2) is 12.4 Å². The molecule has 322 valence electrons. The number of fused-ring (bicyclic) bond motifs is 2. The Morgan fingerprint density at radius 3 is 1.35 bits per heavy atom. The van der Waals surface area contributed by atoms with Gasteiger partial charge in [-0.25, -0.2) is 0 Å². The molecule has 0 saturated heterocycles. The summed E-state index contributed by atoms with van der Waals surface area (Å²) in [6.07, 6.45) is 3.72. The third kappa shape index (κ3) is 12.8. The predicted molar refractivity (Wildman–Crippen MR) is 250 cm³/mol. The molecule has 2 heterocycles. The Labute approximate surface area is 370 Å². The molecule has 0 aliphatic rings. The molecule has 6 aromatic rings. The zero-order valence-corrected chi connectivity index (χ0v) is 36.8. The summed E-state index contributed by atoms with van der Waals surface area (Å²) < 4.78 is 3.82. The molecule has 0 aliphatic carbocycles. The number of pyridine rings is 2. The summed E-state index contributed by atoms with van der Waals surface area (Å²) in [4.78, 5) is 30.0. The van der Waals surface area contributed by atoms with E-state index in [4.69, 9.17) is 0 Å². The van der Waals surface area contributed by atoms with Crippen molar-refractivity contribution in [1.82, 2.24) is 10.6 Å². The van der Waals surface area contributed by atoms with Crippen molar-refractivity contribution in [2.24, 2.45) is 20.5 Å². The highest BCUT2D eigenvalue weighted by atomic mass is 33.1. The third-order valence-corrected chi connectivity index (χ3v) is 12.4. The van der Waals surface area contributed by atoms with Gasteiger partial charge in [0.1, 0.15) is 11.4 Å². The van der Waals surface area contributed by atoms with Crippen molar-refractivity contribution in [3.63, 3.8) is 0 Å². The number of para-hydroxylation sites is 2. The number of likely N-dealkylation sites (N-methyl/N-ethyl adjacent to an activating group) is 2. The van der Waals surface area contributed by atoms with E-state index in [-0.39, 0.29) is 38.1 Å². The van der Waals surface area contributed by atoms with Crippen LogP contribution >= 0.6 is 21.6 Å². The van der Waals surface area contributed by atoms with Gasteiger partial charge in [-0.15, -0.1) is 10.2 Å². The first-order chi connectivity index (χ1) is 30.4. The number of benzene rings is 4. The smallest absolute Gasteiger partial charge is 0.286 e. The van der Waals surface area contributed by atoms with Crippen molar-refractivity contribution in [3.8, 4) is 0 Å². The molecule has 6 rings (SSSR count). The van der Waals surface area contributed by atoms with Crippen LogP contribution in [0.2, 0.25) is 0 Å². The average molecular weight is 875 g/mol. The highest BCUT2D eigenvalue weighted by Crippen LogP contribution is 2.28. The van der Waals surface area contributed by atoms with E-state index in [0.29, 0.717) is 37.6 Å². The van der Waals surface area contributed by atoms with Crippen LogP contribution in [0.25, 0.3) is 21.8 Å². The Morgan fingerprint density at radius 1 is 0.565 bits per heavy atom. The first-order valence-corrected chi connectivity index (χ1v) is 23.2. The Morgan fingerprint density at radius 2 is 0.968 bits per heavy atom. The largest absolute Gasteiger partial charge is 0.395 e. The summed E-state index contributed by atoms with van der Waals surface area (Å²) in [5, 5.41) is 44.4. The van der Waals surface area contributed by atoms with E-state index in [1.54, 1.807) is 21.6 Å². The van der Waals surface area contributed by atoms with Crippen LogP contribution in [0.3, 0.4) is 0 Å². The molecule has 0 aliphatic heterocycles. The maximum atomic E-state index is 12.9. The van der Waals surface area contributed by atoms with Gasteiger partial charge < -0.3 is 30.6 Å². The Hall–Kier alpha value is -5.94. The van der Waals surface area contributed by atoms with Gasteiger partial charge in [0.2, 0.25) is 24.1 Å². The number of azo groups is 2. The summed E-state index contributed by atoms with van der Waals surface area (Å²) in [6, 6.07) is 34.9. The molecule has 0 bridgehead atoms. The zero-order chi connectivity index (χ0) is 43.5. The fourth-order valence-corrected chi connectivity index (χ4v) is 8.67. The van der Waals surface area contributed by atoms with Crippen molar-refractivity contribution in [3.05, 3.63) is 122 Å². The monoisotopic (exact) mass is 874 g/mol. The van der Waals surface area contributed by atoms with Crippen molar-refractivity contribution in [2.75, 3.05) is 73.8 Å². The van der Waals surface area contributed by atoms with Crippen molar-refractivity contribution >= 4 is 89.3 Å². The van der Waals surface area contributed by atoms with Crippen LogP contribution in [0.5, 0.6) is 0 Å². The first kappa shape index (κ1) is 45.6. The van der Waals surface area contributed by atoms with Crippen LogP contribution in [-0.4, -0.2) is 86.0 Å². The van der Waals surface area contributed by atoms with Crippen LogP contribution in [0, 0.1) is 0 Å². The van der Waals surface area contributed by atoms with E-state index >= 15 is 0 Å². The minimum Gasteiger partial charge on any atom is -0.395 e. The number of aliphatic hydroxyl groups excluding tert-OH is 2. The molecule has 16 heteroatoms. The molecule has 0 saturated carbocycles. The van der Waals surface area contributed by atoms with E-state index in [1.807, 2.05) is 131 Å². The SMILES string of the molecule is CCN(CCO)c1ccc(/N=N/c2cc[n+](CC(=O)NCCSSCCNC(=O)C[n+]3ccc(/N=N/c4ccc(N(CC)CCO)cc4)c4ccccc43)c3ccccc23)cc1. The van der Waals surface area contributed by atoms with E-state index in [1.165, 1.54) is 0 Å². The van der Waals surface area contributed by atoms with Crippen molar-refractivity contribution < 1.29 is 28.9 Å². The number of anilines is 2. The normalized spacial score (nSPS) is 11.5. The zero-order valence-electron chi connectivity index (χ0n) is 35.1. The van der Waals surface area contributed by atoms with Gasteiger partial charge >= 0.3 is 0 Å². The van der Waals surface area contributed by atoms with E-state index in [2.05, 4.69) is 54.7 Å². The third-order valence-electron chi connectivity index (χ3n) is 10.0.